The predicted molar refractivity (Wildman–Crippen MR) is 37.9 cm³/mol. The molecule has 0 aromatic carbocycles. The summed E-state index contributed by atoms with van der Waals surface area (Å²) < 4.78 is 5.20. The van der Waals surface area contributed by atoms with E-state index in [1.54, 1.807) is 0 Å². The summed E-state index contributed by atoms with van der Waals surface area (Å²) in [5, 5.41) is 3.27. The van der Waals surface area contributed by atoms with Crippen LogP contribution in [0.3, 0.4) is 0 Å². The summed E-state index contributed by atoms with van der Waals surface area (Å²) in [6.07, 6.45) is 2.50. The molecule has 1 unspecified atom stereocenters. The van der Waals surface area contributed by atoms with Gasteiger partial charge in [-0.15, -0.1) is 0 Å². The fraction of sp³-hybridized carbons (Fsp3) is 0.857. The highest BCUT2D eigenvalue weighted by molar-refractivity contribution is 5.49. The van der Waals surface area contributed by atoms with Gasteiger partial charge < -0.3 is 14.8 Å². The Kier molecular flexibility index (Phi) is 3.40. The van der Waals surface area contributed by atoms with Gasteiger partial charge in [0.15, 0.2) is 0 Å². The summed E-state index contributed by atoms with van der Waals surface area (Å²) in [7, 11) is 0. The summed E-state index contributed by atoms with van der Waals surface area (Å²) in [4.78, 5) is 9.98. The van der Waals surface area contributed by atoms with E-state index in [-0.39, 0.29) is 0 Å². The quantitative estimate of drug-likeness (QED) is 0.563. The lowest BCUT2D eigenvalue weighted by Gasteiger charge is -2.22. The van der Waals surface area contributed by atoms with E-state index in [2.05, 4.69) is 5.32 Å². The number of hydrogen-bond donors (Lipinski definition) is 1. The molecule has 1 fully saturated rings. The number of ether oxygens (including phenoxy) is 1. The lowest BCUT2D eigenvalue weighted by molar-refractivity contribution is -0.108. The van der Waals surface area contributed by atoms with Crippen LogP contribution in [-0.2, 0) is 9.53 Å². The van der Waals surface area contributed by atoms with Crippen molar-refractivity contribution in [1.82, 2.24) is 5.32 Å². The Balaban J connectivity index is 2.07. The van der Waals surface area contributed by atoms with Crippen molar-refractivity contribution < 1.29 is 9.53 Å². The van der Waals surface area contributed by atoms with Crippen molar-refractivity contribution in [2.45, 2.75) is 18.9 Å². The van der Waals surface area contributed by atoms with Crippen molar-refractivity contribution in [3.05, 3.63) is 0 Å². The molecular formula is C7H13NO2. The molecular weight excluding hydrogens is 130 g/mol. The molecule has 0 radical (unpaired) electrons. The number of hydrogen-bond acceptors (Lipinski definition) is 3. The van der Waals surface area contributed by atoms with Crippen molar-refractivity contribution in [3.8, 4) is 0 Å². The van der Waals surface area contributed by atoms with Gasteiger partial charge in [-0.05, 0) is 6.42 Å². The molecule has 3 nitrogen and oxygen atoms in total. The van der Waals surface area contributed by atoms with Gasteiger partial charge in [0.05, 0.1) is 13.2 Å². The number of nitrogens with one attached hydrogen (secondary N) is 1. The molecule has 0 bridgehead atoms. The van der Waals surface area contributed by atoms with E-state index in [1.807, 2.05) is 0 Å². The molecule has 1 rings (SSSR count). The van der Waals surface area contributed by atoms with Gasteiger partial charge in [-0.1, -0.05) is 0 Å². The van der Waals surface area contributed by atoms with E-state index < -0.39 is 0 Å². The SMILES string of the molecule is O=CCCC1COCCN1. The highest BCUT2D eigenvalue weighted by atomic mass is 16.5. The topological polar surface area (TPSA) is 38.3 Å². The van der Waals surface area contributed by atoms with Gasteiger partial charge in [-0.2, -0.15) is 0 Å². The number of morpholine rings is 1. The first kappa shape index (κ1) is 7.69. The van der Waals surface area contributed by atoms with Crippen LogP contribution in [-0.4, -0.2) is 32.1 Å². The molecule has 0 saturated carbocycles. The molecule has 1 N–H and O–H groups in total. The summed E-state index contributed by atoms with van der Waals surface area (Å²) in [5.74, 6) is 0. The largest absolute Gasteiger partial charge is 0.379 e. The molecule has 0 aliphatic carbocycles. The predicted octanol–water partition coefficient (Wildman–Crippen LogP) is -0.0461. The van der Waals surface area contributed by atoms with E-state index in [0.717, 1.165) is 32.5 Å². The third-order valence-electron chi connectivity index (χ3n) is 1.63. The van der Waals surface area contributed by atoms with Gasteiger partial charge >= 0.3 is 0 Å². The van der Waals surface area contributed by atoms with Crippen LogP contribution in [0.2, 0.25) is 0 Å². The molecule has 58 valence electrons. The van der Waals surface area contributed by atoms with Crippen LogP contribution in [0.4, 0.5) is 0 Å². The highest BCUT2D eigenvalue weighted by Gasteiger charge is 2.11. The van der Waals surface area contributed by atoms with E-state index in [4.69, 9.17) is 4.74 Å². The fourth-order valence-corrected chi connectivity index (χ4v) is 1.07. The number of aldehydes is 1. The van der Waals surface area contributed by atoms with Crippen LogP contribution in [0.15, 0.2) is 0 Å². The normalized spacial score (nSPS) is 26.2. The van der Waals surface area contributed by atoms with Crippen molar-refractivity contribution >= 4 is 6.29 Å². The zero-order chi connectivity index (χ0) is 7.23. The maximum absolute atomic E-state index is 9.98. The van der Waals surface area contributed by atoms with Crippen molar-refractivity contribution in [1.29, 1.82) is 0 Å². The molecule has 1 aliphatic heterocycles. The number of carbonyl (C=O) groups is 1. The fourth-order valence-electron chi connectivity index (χ4n) is 1.07. The summed E-state index contributed by atoms with van der Waals surface area (Å²) in [6, 6.07) is 0.402. The van der Waals surface area contributed by atoms with E-state index >= 15 is 0 Å². The Morgan fingerprint density at radius 1 is 1.70 bits per heavy atom. The average Bonchev–Trinajstić information content (AvgIpc) is 2.03. The van der Waals surface area contributed by atoms with Gasteiger partial charge in [0.25, 0.3) is 0 Å². The molecule has 0 amide bonds. The molecule has 1 saturated heterocycles. The molecule has 10 heavy (non-hydrogen) atoms. The average molecular weight is 143 g/mol. The van der Waals surface area contributed by atoms with E-state index in [0.29, 0.717) is 12.5 Å². The third kappa shape index (κ3) is 2.45. The minimum absolute atomic E-state index is 0.402. The Labute approximate surface area is 60.7 Å². The molecule has 1 aliphatic rings. The zero-order valence-corrected chi connectivity index (χ0v) is 6.01. The summed E-state index contributed by atoms with van der Waals surface area (Å²) in [5.41, 5.74) is 0. The lowest BCUT2D eigenvalue weighted by atomic mass is 10.1. The molecule has 0 aromatic heterocycles. The molecule has 3 heteroatoms. The highest BCUT2D eigenvalue weighted by Crippen LogP contribution is 1.99. The Morgan fingerprint density at radius 2 is 2.60 bits per heavy atom. The number of rotatable bonds is 3. The number of carbonyl (C=O) groups excluding carboxylic acids is 1. The smallest absolute Gasteiger partial charge is 0.120 e. The Hall–Kier alpha value is -0.410. The second-order valence-electron chi connectivity index (χ2n) is 2.47. The van der Waals surface area contributed by atoms with Crippen LogP contribution in [0.25, 0.3) is 0 Å². The lowest BCUT2D eigenvalue weighted by Crippen LogP contribution is -2.41. The van der Waals surface area contributed by atoms with Gasteiger partial charge in [0, 0.05) is 19.0 Å². The van der Waals surface area contributed by atoms with Gasteiger partial charge in [-0.3, -0.25) is 0 Å². The van der Waals surface area contributed by atoms with Crippen molar-refractivity contribution in [3.63, 3.8) is 0 Å². The van der Waals surface area contributed by atoms with Crippen LogP contribution < -0.4 is 5.32 Å². The van der Waals surface area contributed by atoms with Gasteiger partial charge in [-0.25, -0.2) is 0 Å². The van der Waals surface area contributed by atoms with Crippen LogP contribution in [0.5, 0.6) is 0 Å². The minimum atomic E-state index is 0.402. The van der Waals surface area contributed by atoms with Gasteiger partial charge in [0.2, 0.25) is 0 Å². The van der Waals surface area contributed by atoms with Crippen LogP contribution in [0, 0.1) is 0 Å². The molecule has 1 heterocycles. The van der Waals surface area contributed by atoms with Crippen LogP contribution in [0.1, 0.15) is 12.8 Å². The Bertz CT molecular complexity index is 99.8. The monoisotopic (exact) mass is 143 g/mol. The summed E-state index contributed by atoms with van der Waals surface area (Å²) >= 11 is 0. The maximum Gasteiger partial charge on any atom is 0.120 e. The zero-order valence-electron chi connectivity index (χ0n) is 6.01. The first-order valence-electron chi connectivity index (χ1n) is 3.68. The van der Waals surface area contributed by atoms with Crippen molar-refractivity contribution in [2.75, 3.05) is 19.8 Å². The maximum atomic E-state index is 9.98. The van der Waals surface area contributed by atoms with Crippen LogP contribution >= 0.6 is 0 Å². The minimum Gasteiger partial charge on any atom is -0.379 e. The molecule has 1 atom stereocenters. The second-order valence-corrected chi connectivity index (χ2v) is 2.47. The second kappa shape index (κ2) is 4.41. The molecule has 0 aromatic rings. The van der Waals surface area contributed by atoms with E-state index in [1.165, 1.54) is 0 Å². The summed E-state index contributed by atoms with van der Waals surface area (Å²) in [6.45, 7) is 2.48. The third-order valence-corrected chi connectivity index (χ3v) is 1.63. The standard InChI is InChI=1S/C7H13NO2/c9-4-1-2-7-6-10-5-3-8-7/h4,7-8H,1-3,5-6H2. The first-order chi connectivity index (χ1) is 4.93. The van der Waals surface area contributed by atoms with E-state index in [9.17, 15) is 4.79 Å². The first-order valence-corrected chi connectivity index (χ1v) is 3.68. The van der Waals surface area contributed by atoms with Gasteiger partial charge in [0.1, 0.15) is 6.29 Å². The van der Waals surface area contributed by atoms with Crippen molar-refractivity contribution in [2.24, 2.45) is 0 Å². The molecule has 0 spiro atoms. The Morgan fingerprint density at radius 3 is 3.20 bits per heavy atom.